The van der Waals surface area contributed by atoms with Crippen LogP contribution in [-0.2, 0) is 17.1 Å². The van der Waals surface area contributed by atoms with Crippen molar-refractivity contribution in [3.63, 3.8) is 0 Å². The molecular formula is C14H13ClN2O2S3. The summed E-state index contributed by atoms with van der Waals surface area (Å²) in [5.74, 6) is 0. The van der Waals surface area contributed by atoms with Gasteiger partial charge in [-0.05, 0) is 43.2 Å². The molecule has 0 radical (unpaired) electrons. The Hall–Kier alpha value is -1.15. The van der Waals surface area contributed by atoms with Crippen LogP contribution >= 0.6 is 34.3 Å². The van der Waals surface area contributed by atoms with Crippen molar-refractivity contribution in [2.24, 2.45) is 11.4 Å². The summed E-state index contributed by atoms with van der Waals surface area (Å²) in [5.41, 5.74) is 3.32. The van der Waals surface area contributed by atoms with E-state index in [1.165, 1.54) is 23.0 Å². The summed E-state index contributed by atoms with van der Waals surface area (Å²) in [5, 5.41) is 0. The van der Waals surface area contributed by atoms with E-state index in [1.54, 1.807) is 6.07 Å². The fourth-order valence-corrected chi connectivity index (χ4v) is 5.97. The maximum atomic E-state index is 12.4. The summed E-state index contributed by atoms with van der Waals surface area (Å²) < 4.78 is 32.2. The molecule has 2 aromatic heterocycles. The smallest absolute Gasteiger partial charge is 0.294 e. The number of thiazole rings is 1. The number of thiophene rings is 1. The van der Waals surface area contributed by atoms with Crippen LogP contribution in [0, 0.1) is 13.8 Å². The van der Waals surface area contributed by atoms with E-state index in [0.717, 1.165) is 27.1 Å². The Kier molecular flexibility index (Phi) is 3.92. The predicted octanol–water partition coefficient (Wildman–Crippen LogP) is 3.86. The van der Waals surface area contributed by atoms with Gasteiger partial charge in [-0.1, -0.05) is 29.0 Å². The highest BCUT2D eigenvalue weighted by atomic mass is 35.5. The van der Waals surface area contributed by atoms with Crippen molar-refractivity contribution in [3.05, 3.63) is 44.5 Å². The Bertz CT molecular complexity index is 1040. The summed E-state index contributed by atoms with van der Waals surface area (Å²) in [6.45, 7) is 4.06. The lowest BCUT2D eigenvalue weighted by Gasteiger charge is -2.03. The van der Waals surface area contributed by atoms with Crippen LogP contribution in [-0.4, -0.2) is 13.0 Å². The Balaban J connectivity index is 2.27. The van der Waals surface area contributed by atoms with Crippen LogP contribution in [0.15, 0.2) is 32.9 Å². The third-order valence-electron chi connectivity index (χ3n) is 3.49. The molecular weight excluding hydrogens is 360 g/mol. The van der Waals surface area contributed by atoms with Crippen LogP contribution in [0.3, 0.4) is 0 Å². The van der Waals surface area contributed by atoms with Crippen molar-refractivity contribution in [1.82, 2.24) is 4.57 Å². The molecule has 0 N–H and O–H groups in total. The molecule has 3 aromatic rings. The molecule has 0 saturated heterocycles. The largest absolute Gasteiger partial charge is 0.319 e. The molecule has 0 unspecified atom stereocenters. The molecule has 0 aliphatic rings. The first kappa shape index (κ1) is 15.7. The van der Waals surface area contributed by atoms with E-state index < -0.39 is 10.0 Å². The van der Waals surface area contributed by atoms with E-state index in [2.05, 4.69) is 4.40 Å². The molecule has 0 spiro atoms. The summed E-state index contributed by atoms with van der Waals surface area (Å²) in [6, 6.07) is 7.07. The number of aromatic nitrogens is 1. The van der Waals surface area contributed by atoms with Gasteiger partial charge in [-0.2, -0.15) is 8.42 Å². The van der Waals surface area contributed by atoms with Gasteiger partial charge in [-0.25, -0.2) is 0 Å². The second-order valence-corrected chi connectivity index (χ2v) is 9.48. The molecule has 2 heterocycles. The SMILES string of the molecule is Cc1ccc2sc(=NS(=O)(=O)c3ccc(Cl)s3)n(C)c2c1C. The number of benzene rings is 1. The predicted molar refractivity (Wildman–Crippen MR) is 92.3 cm³/mol. The van der Waals surface area contributed by atoms with Gasteiger partial charge < -0.3 is 4.57 Å². The van der Waals surface area contributed by atoms with Crippen LogP contribution in [0.25, 0.3) is 10.2 Å². The summed E-state index contributed by atoms with van der Waals surface area (Å²) in [6.07, 6.45) is 0. The third-order valence-corrected chi connectivity index (χ3v) is 7.67. The summed E-state index contributed by atoms with van der Waals surface area (Å²) in [4.78, 5) is 0.452. The molecule has 8 heteroatoms. The molecule has 0 atom stereocenters. The van der Waals surface area contributed by atoms with Crippen molar-refractivity contribution in [3.8, 4) is 0 Å². The number of aryl methyl sites for hydroxylation is 3. The van der Waals surface area contributed by atoms with Gasteiger partial charge in [0.2, 0.25) is 4.80 Å². The zero-order valence-corrected chi connectivity index (χ0v) is 15.3. The quantitative estimate of drug-likeness (QED) is 0.685. The van der Waals surface area contributed by atoms with Crippen molar-refractivity contribution in [1.29, 1.82) is 0 Å². The van der Waals surface area contributed by atoms with E-state index in [4.69, 9.17) is 11.6 Å². The molecule has 1 aromatic carbocycles. The zero-order chi connectivity index (χ0) is 16.1. The molecule has 3 rings (SSSR count). The topological polar surface area (TPSA) is 51.4 Å². The lowest BCUT2D eigenvalue weighted by atomic mass is 10.1. The van der Waals surface area contributed by atoms with Gasteiger partial charge in [-0.3, -0.25) is 0 Å². The first-order chi connectivity index (χ1) is 10.3. The Morgan fingerprint density at radius 3 is 2.50 bits per heavy atom. The van der Waals surface area contributed by atoms with Crippen LogP contribution in [0.2, 0.25) is 4.34 Å². The normalized spacial score (nSPS) is 13.2. The number of sulfonamides is 1. The maximum Gasteiger partial charge on any atom is 0.294 e. The Labute approximate surface area is 141 Å². The average molecular weight is 373 g/mol. The lowest BCUT2D eigenvalue weighted by Crippen LogP contribution is -2.13. The number of hydrogen-bond donors (Lipinski definition) is 0. The second-order valence-electron chi connectivity index (χ2n) is 4.92. The standard InChI is InChI=1S/C14H13ClN2O2S3/c1-8-4-5-10-13(9(8)2)17(3)14(20-10)16-22(18,19)12-7-6-11(15)21-12/h4-7H,1-3H3. The fourth-order valence-electron chi connectivity index (χ4n) is 2.20. The average Bonchev–Trinajstić information content (AvgIpc) is 3.00. The van der Waals surface area contributed by atoms with Gasteiger partial charge in [0.05, 0.1) is 14.6 Å². The molecule has 0 aliphatic carbocycles. The van der Waals surface area contributed by atoms with Crippen molar-refractivity contribution in [2.45, 2.75) is 18.1 Å². The van der Waals surface area contributed by atoms with Gasteiger partial charge in [-0.15, -0.1) is 15.7 Å². The minimum atomic E-state index is -3.74. The highest BCUT2D eigenvalue weighted by molar-refractivity contribution is 7.92. The minimum absolute atomic E-state index is 0.155. The van der Waals surface area contributed by atoms with Crippen LogP contribution in [0.4, 0.5) is 0 Å². The first-order valence-corrected chi connectivity index (χ1v) is 9.87. The van der Waals surface area contributed by atoms with E-state index in [0.29, 0.717) is 9.14 Å². The van der Waals surface area contributed by atoms with Gasteiger partial charge >= 0.3 is 0 Å². The molecule has 116 valence electrons. The van der Waals surface area contributed by atoms with Crippen LogP contribution < -0.4 is 4.80 Å². The second kappa shape index (κ2) is 5.49. The van der Waals surface area contributed by atoms with Gasteiger partial charge in [0.15, 0.2) is 0 Å². The van der Waals surface area contributed by atoms with Gasteiger partial charge in [0.1, 0.15) is 4.21 Å². The van der Waals surface area contributed by atoms with E-state index in [1.807, 2.05) is 37.6 Å². The maximum absolute atomic E-state index is 12.4. The first-order valence-electron chi connectivity index (χ1n) is 6.41. The number of nitrogens with zero attached hydrogens (tertiary/aromatic N) is 2. The number of rotatable bonds is 2. The fraction of sp³-hybridized carbons (Fsp3) is 0.214. The number of fused-ring (bicyclic) bond motifs is 1. The molecule has 0 saturated carbocycles. The van der Waals surface area contributed by atoms with Crippen molar-refractivity contribution < 1.29 is 8.42 Å². The molecule has 0 amide bonds. The van der Waals surface area contributed by atoms with Crippen LogP contribution in [0.5, 0.6) is 0 Å². The summed E-state index contributed by atoms with van der Waals surface area (Å²) in [7, 11) is -1.90. The van der Waals surface area contributed by atoms with E-state index in [-0.39, 0.29) is 4.21 Å². The van der Waals surface area contributed by atoms with E-state index in [9.17, 15) is 8.42 Å². The van der Waals surface area contributed by atoms with Crippen LogP contribution in [0.1, 0.15) is 11.1 Å². The number of halogens is 1. The third kappa shape index (κ3) is 2.62. The van der Waals surface area contributed by atoms with Gasteiger partial charge in [0.25, 0.3) is 10.0 Å². The van der Waals surface area contributed by atoms with Gasteiger partial charge in [0, 0.05) is 7.05 Å². The van der Waals surface area contributed by atoms with Crippen molar-refractivity contribution >= 4 is 54.5 Å². The highest BCUT2D eigenvalue weighted by Gasteiger charge is 2.17. The number of hydrogen-bond acceptors (Lipinski definition) is 4. The monoisotopic (exact) mass is 372 g/mol. The zero-order valence-electron chi connectivity index (χ0n) is 12.1. The highest BCUT2D eigenvalue weighted by Crippen LogP contribution is 2.27. The van der Waals surface area contributed by atoms with E-state index >= 15 is 0 Å². The molecule has 0 aliphatic heterocycles. The Morgan fingerprint density at radius 2 is 1.86 bits per heavy atom. The molecule has 22 heavy (non-hydrogen) atoms. The molecule has 0 bridgehead atoms. The lowest BCUT2D eigenvalue weighted by molar-refractivity contribution is 0.598. The molecule has 0 fully saturated rings. The summed E-state index contributed by atoms with van der Waals surface area (Å²) >= 11 is 8.19. The van der Waals surface area contributed by atoms with Crippen molar-refractivity contribution in [2.75, 3.05) is 0 Å². The molecule has 4 nitrogen and oxygen atoms in total. The minimum Gasteiger partial charge on any atom is -0.319 e. The Morgan fingerprint density at radius 1 is 1.14 bits per heavy atom.